The van der Waals surface area contributed by atoms with Gasteiger partial charge in [0.2, 0.25) is 0 Å². The highest BCUT2D eigenvalue weighted by Crippen LogP contribution is 2.21. The average molecular weight is 370 g/mol. The maximum atomic E-state index is 12.4. The summed E-state index contributed by atoms with van der Waals surface area (Å²) in [7, 11) is 1.58. The molecule has 144 valence electrons. The van der Waals surface area contributed by atoms with Gasteiger partial charge in [-0.1, -0.05) is 24.3 Å². The lowest BCUT2D eigenvalue weighted by atomic mass is 10.0. The average Bonchev–Trinajstić information content (AvgIpc) is 2.67. The Morgan fingerprint density at radius 1 is 1.04 bits per heavy atom. The van der Waals surface area contributed by atoms with Crippen molar-refractivity contribution in [1.29, 1.82) is 0 Å². The molecule has 0 radical (unpaired) electrons. The zero-order valence-corrected chi connectivity index (χ0v) is 15.8. The third-order valence-corrected chi connectivity index (χ3v) is 4.05. The van der Waals surface area contributed by atoms with E-state index in [0.717, 1.165) is 11.1 Å². The number of benzene rings is 2. The molecule has 0 aliphatic heterocycles. The minimum absolute atomic E-state index is 0.0596. The Morgan fingerprint density at radius 3 is 2.30 bits per heavy atom. The first-order chi connectivity index (χ1) is 12.8. The van der Waals surface area contributed by atoms with Crippen molar-refractivity contribution < 1.29 is 19.8 Å². The van der Waals surface area contributed by atoms with Crippen LogP contribution in [0.25, 0.3) is 11.1 Å². The van der Waals surface area contributed by atoms with Crippen LogP contribution < -0.4 is 5.32 Å². The first kappa shape index (κ1) is 20.6. The standard InChI is InChI=1S/C21H26N2O4/c1-14(2)22-20(26)18-6-4-5-17(11-18)15-7-9-16(10-8-15)21(27)23(3)12-19(25)13-24/h4-11,14,19,24-25H,12-13H2,1-3H3,(H,22,26)/t19-/m0/s1. The smallest absolute Gasteiger partial charge is 0.253 e. The molecule has 0 heterocycles. The monoisotopic (exact) mass is 370 g/mol. The lowest BCUT2D eigenvalue weighted by Crippen LogP contribution is -2.35. The molecule has 6 nitrogen and oxygen atoms in total. The van der Waals surface area contributed by atoms with Crippen LogP contribution in [-0.4, -0.2) is 59.3 Å². The van der Waals surface area contributed by atoms with E-state index in [1.165, 1.54) is 4.90 Å². The molecule has 27 heavy (non-hydrogen) atoms. The van der Waals surface area contributed by atoms with Crippen molar-refractivity contribution in [2.45, 2.75) is 26.0 Å². The van der Waals surface area contributed by atoms with Crippen molar-refractivity contribution in [3.63, 3.8) is 0 Å². The van der Waals surface area contributed by atoms with Crippen LogP contribution >= 0.6 is 0 Å². The Bertz CT molecular complexity index is 787. The zero-order valence-electron chi connectivity index (χ0n) is 15.8. The van der Waals surface area contributed by atoms with Crippen LogP contribution in [0.1, 0.15) is 34.6 Å². The Labute approximate surface area is 159 Å². The van der Waals surface area contributed by atoms with Gasteiger partial charge < -0.3 is 20.4 Å². The van der Waals surface area contributed by atoms with E-state index in [0.29, 0.717) is 11.1 Å². The Balaban J connectivity index is 2.15. The Hall–Kier alpha value is -2.70. The molecule has 1 atom stereocenters. The highest BCUT2D eigenvalue weighted by atomic mass is 16.3. The third kappa shape index (κ3) is 5.64. The molecule has 0 saturated carbocycles. The van der Waals surface area contributed by atoms with Crippen molar-refractivity contribution in [3.8, 4) is 11.1 Å². The van der Waals surface area contributed by atoms with Crippen molar-refractivity contribution in [1.82, 2.24) is 10.2 Å². The molecule has 0 bridgehead atoms. The summed E-state index contributed by atoms with van der Waals surface area (Å²) in [5.74, 6) is -0.359. The topological polar surface area (TPSA) is 89.9 Å². The molecular weight excluding hydrogens is 344 g/mol. The molecule has 2 aromatic rings. The highest BCUT2D eigenvalue weighted by Gasteiger charge is 2.15. The highest BCUT2D eigenvalue weighted by molar-refractivity contribution is 5.96. The van der Waals surface area contributed by atoms with Crippen molar-refractivity contribution in [3.05, 3.63) is 59.7 Å². The fourth-order valence-corrected chi connectivity index (χ4v) is 2.67. The number of carbonyl (C=O) groups excluding carboxylic acids is 2. The maximum absolute atomic E-state index is 12.4. The van der Waals surface area contributed by atoms with Gasteiger partial charge in [0, 0.05) is 30.8 Å². The first-order valence-electron chi connectivity index (χ1n) is 8.87. The lowest BCUT2D eigenvalue weighted by molar-refractivity contribution is 0.0520. The van der Waals surface area contributed by atoms with Crippen molar-refractivity contribution in [2.75, 3.05) is 20.2 Å². The summed E-state index contributed by atoms with van der Waals surface area (Å²) in [5, 5.41) is 21.2. The van der Waals surface area contributed by atoms with Crippen LogP contribution in [0.15, 0.2) is 48.5 Å². The van der Waals surface area contributed by atoms with Gasteiger partial charge in [-0.25, -0.2) is 0 Å². The second kappa shape index (κ2) is 9.30. The summed E-state index contributed by atoms with van der Waals surface area (Å²) < 4.78 is 0. The molecule has 0 aliphatic rings. The second-order valence-corrected chi connectivity index (χ2v) is 6.81. The van der Waals surface area contributed by atoms with Crippen LogP contribution in [0.3, 0.4) is 0 Å². The molecule has 6 heteroatoms. The van der Waals surface area contributed by atoms with Gasteiger partial charge in [0.05, 0.1) is 12.7 Å². The molecule has 0 fully saturated rings. The number of hydrogen-bond acceptors (Lipinski definition) is 4. The summed E-state index contributed by atoms with van der Waals surface area (Å²) in [6.45, 7) is 3.49. The molecule has 2 amide bonds. The molecular formula is C21H26N2O4. The van der Waals surface area contributed by atoms with Crippen LogP contribution in [0.4, 0.5) is 0 Å². The van der Waals surface area contributed by atoms with Gasteiger partial charge in [-0.2, -0.15) is 0 Å². The van der Waals surface area contributed by atoms with E-state index >= 15 is 0 Å². The number of nitrogens with one attached hydrogen (secondary N) is 1. The maximum Gasteiger partial charge on any atom is 0.253 e. The van der Waals surface area contributed by atoms with Crippen molar-refractivity contribution in [2.24, 2.45) is 0 Å². The van der Waals surface area contributed by atoms with E-state index in [-0.39, 0.29) is 24.4 Å². The van der Waals surface area contributed by atoms with Gasteiger partial charge in [-0.15, -0.1) is 0 Å². The predicted octanol–water partition coefficient (Wildman–Crippen LogP) is 1.92. The molecule has 0 aromatic heterocycles. The Kier molecular flexibility index (Phi) is 7.10. The fourth-order valence-electron chi connectivity index (χ4n) is 2.67. The van der Waals surface area contributed by atoms with Crippen molar-refractivity contribution >= 4 is 11.8 Å². The van der Waals surface area contributed by atoms with E-state index in [1.54, 1.807) is 25.2 Å². The quantitative estimate of drug-likeness (QED) is 0.695. The largest absolute Gasteiger partial charge is 0.394 e. The molecule has 3 N–H and O–H groups in total. The van der Waals surface area contributed by atoms with Gasteiger partial charge in [0.1, 0.15) is 0 Å². The Morgan fingerprint density at radius 2 is 1.70 bits per heavy atom. The number of amides is 2. The van der Waals surface area contributed by atoms with Gasteiger partial charge in [-0.3, -0.25) is 9.59 Å². The molecule has 2 aromatic carbocycles. The molecule has 0 aliphatic carbocycles. The molecule has 0 spiro atoms. The fraction of sp³-hybridized carbons (Fsp3) is 0.333. The van der Waals surface area contributed by atoms with Gasteiger partial charge in [0.15, 0.2) is 0 Å². The third-order valence-electron chi connectivity index (χ3n) is 4.05. The summed E-state index contributed by atoms with van der Waals surface area (Å²) in [6.07, 6.45) is -0.960. The number of rotatable bonds is 7. The van der Waals surface area contributed by atoms with Crippen LogP contribution in [0, 0.1) is 0 Å². The van der Waals surface area contributed by atoms with E-state index < -0.39 is 12.7 Å². The van der Waals surface area contributed by atoms with Crippen LogP contribution in [-0.2, 0) is 0 Å². The van der Waals surface area contributed by atoms with Gasteiger partial charge in [-0.05, 0) is 49.2 Å². The van der Waals surface area contributed by atoms with E-state index in [4.69, 9.17) is 5.11 Å². The lowest BCUT2D eigenvalue weighted by Gasteiger charge is -2.19. The number of nitrogens with zero attached hydrogens (tertiary/aromatic N) is 1. The molecule has 0 saturated heterocycles. The number of aliphatic hydroxyl groups excluding tert-OH is 2. The van der Waals surface area contributed by atoms with E-state index in [2.05, 4.69) is 5.32 Å². The number of hydrogen-bond donors (Lipinski definition) is 3. The first-order valence-corrected chi connectivity index (χ1v) is 8.87. The van der Waals surface area contributed by atoms with E-state index in [9.17, 15) is 14.7 Å². The molecule has 0 unspecified atom stereocenters. The van der Waals surface area contributed by atoms with Crippen LogP contribution in [0.5, 0.6) is 0 Å². The number of likely N-dealkylation sites (N-methyl/N-ethyl adjacent to an activating group) is 1. The van der Waals surface area contributed by atoms with Crippen LogP contribution in [0.2, 0.25) is 0 Å². The predicted molar refractivity (Wildman–Crippen MR) is 105 cm³/mol. The van der Waals surface area contributed by atoms with E-state index in [1.807, 2.05) is 44.2 Å². The minimum atomic E-state index is -0.960. The minimum Gasteiger partial charge on any atom is -0.394 e. The second-order valence-electron chi connectivity index (χ2n) is 6.81. The summed E-state index contributed by atoms with van der Waals surface area (Å²) in [6, 6.07) is 14.4. The number of aliphatic hydroxyl groups is 2. The zero-order chi connectivity index (χ0) is 20.0. The number of carbonyl (C=O) groups is 2. The molecule has 2 rings (SSSR count). The van der Waals surface area contributed by atoms with Gasteiger partial charge >= 0.3 is 0 Å². The normalized spacial score (nSPS) is 11.9. The summed E-state index contributed by atoms with van der Waals surface area (Å²) in [5.41, 5.74) is 2.84. The van der Waals surface area contributed by atoms with Gasteiger partial charge in [0.25, 0.3) is 11.8 Å². The summed E-state index contributed by atoms with van der Waals surface area (Å²) in [4.78, 5) is 25.9. The summed E-state index contributed by atoms with van der Waals surface area (Å²) >= 11 is 0. The SMILES string of the molecule is CC(C)NC(=O)c1cccc(-c2ccc(C(=O)N(C)C[C@H](O)CO)cc2)c1.